The highest BCUT2D eigenvalue weighted by molar-refractivity contribution is 5.30. The summed E-state index contributed by atoms with van der Waals surface area (Å²) < 4.78 is 27.4. The summed E-state index contributed by atoms with van der Waals surface area (Å²) in [6.45, 7) is 4.09. The summed E-state index contributed by atoms with van der Waals surface area (Å²) in [5.74, 6) is 1.36. The van der Waals surface area contributed by atoms with Gasteiger partial charge in [-0.15, -0.1) is 12.3 Å². The summed E-state index contributed by atoms with van der Waals surface area (Å²) >= 11 is 0. The van der Waals surface area contributed by atoms with Gasteiger partial charge in [0.2, 0.25) is 0 Å². The summed E-state index contributed by atoms with van der Waals surface area (Å²) in [7, 11) is 0. The van der Waals surface area contributed by atoms with Crippen LogP contribution in [-0.2, 0) is 0 Å². The predicted octanol–water partition coefficient (Wildman–Crippen LogP) is 2.95. The largest absolute Gasteiger partial charge is 0.309 e. The Hall–Kier alpha value is -1.40. The number of rotatable bonds is 4. The van der Waals surface area contributed by atoms with E-state index in [4.69, 9.17) is 6.42 Å². The molecule has 16 heavy (non-hydrogen) atoms. The van der Waals surface area contributed by atoms with Crippen molar-refractivity contribution < 1.29 is 8.78 Å². The van der Waals surface area contributed by atoms with Crippen LogP contribution in [0, 0.1) is 30.9 Å². The molecule has 1 N–H and O–H groups in total. The van der Waals surface area contributed by atoms with Crippen molar-refractivity contribution >= 4 is 0 Å². The fraction of sp³-hybridized carbons (Fsp3) is 0.385. The van der Waals surface area contributed by atoms with E-state index in [-0.39, 0.29) is 12.0 Å². The number of hydrogen-bond donors (Lipinski definition) is 1. The van der Waals surface area contributed by atoms with Gasteiger partial charge in [-0.2, -0.15) is 0 Å². The number of nitrogens with one attached hydrogen (secondary N) is 1. The molecule has 1 aromatic carbocycles. The van der Waals surface area contributed by atoms with Gasteiger partial charge in [0.05, 0.1) is 0 Å². The number of halogens is 2. The number of hydrogen-bond acceptors (Lipinski definition) is 1. The molecule has 0 aliphatic heterocycles. The molecule has 0 fully saturated rings. The maximum Gasteiger partial charge on any atom is 0.133 e. The second-order valence-corrected chi connectivity index (χ2v) is 3.61. The molecule has 0 spiro atoms. The average Bonchev–Trinajstić information content (AvgIpc) is 2.25. The molecule has 0 amide bonds. The molecule has 0 aliphatic carbocycles. The zero-order valence-electron chi connectivity index (χ0n) is 9.48. The second kappa shape index (κ2) is 5.62. The van der Waals surface area contributed by atoms with Crippen molar-refractivity contribution in [3.63, 3.8) is 0 Å². The van der Waals surface area contributed by atoms with Gasteiger partial charge in [0.15, 0.2) is 0 Å². The maximum atomic E-state index is 13.8. The zero-order chi connectivity index (χ0) is 12.1. The van der Waals surface area contributed by atoms with E-state index in [1.54, 1.807) is 6.92 Å². The molecule has 1 atom stereocenters. The van der Waals surface area contributed by atoms with Crippen LogP contribution in [-0.4, -0.2) is 6.54 Å². The van der Waals surface area contributed by atoms with Crippen LogP contribution in [0.1, 0.15) is 30.5 Å². The second-order valence-electron chi connectivity index (χ2n) is 3.61. The van der Waals surface area contributed by atoms with E-state index >= 15 is 0 Å². The normalized spacial score (nSPS) is 12.2. The Labute approximate surface area is 94.9 Å². The van der Waals surface area contributed by atoms with Gasteiger partial charge in [-0.25, -0.2) is 8.78 Å². The third kappa shape index (κ3) is 2.59. The van der Waals surface area contributed by atoms with Gasteiger partial charge < -0.3 is 5.32 Å². The summed E-state index contributed by atoms with van der Waals surface area (Å²) in [5, 5.41) is 2.99. The lowest BCUT2D eigenvalue weighted by molar-refractivity contribution is 0.478. The molecule has 0 aromatic heterocycles. The van der Waals surface area contributed by atoms with E-state index in [0.29, 0.717) is 12.1 Å². The molecule has 1 nitrogen and oxygen atoms in total. The molecule has 1 rings (SSSR count). The van der Waals surface area contributed by atoms with E-state index in [1.165, 1.54) is 12.1 Å². The highest BCUT2D eigenvalue weighted by Crippen LogP contribution is 2.25. The first kappa shape index (κ1) is 12.7. The van der Waals surface area contributed by atoms with Gasteiger partial charge in [-0.05, 0) is 25.1 Å². The van der Waals surface area contributed by atoms with Crippen molar-refractivity contribution in [2.75, 3.05) is 6.54 Å². The number of terminal acetylenes is 1. The van der Waals surface area contributed by atoms with Crippen LogP contribution in [0.3, 0.4) is 0 Å². The molecular formula is C13H15F2N. The quantitative estimate of drug-likeness (QED) is 0.774. The summed E-state index contributed by atoms with van der Waals surface area (Å²) in [6, 6.07) is 2.23. The monoisotopic (exact) mass is 223 g/mol. The molecule has 0 bridgehead atoms. The topological polar surface area (TPSA) is 12.0 Å². The van der Waals surface area contributed by atoms with Crippen LogP contribution in [0.15, 0.2) is 12.1 Å². The zero-order valence-corrected chi connectivity index (χ0v) is 9.48. The smallest absolute Gasteiger partial charge is 0.133 e. The van der Waals surface area contributed by atoms with Gasteiger partial charge >= 0.3 is 0 Å². The minimum absolute atomic E-state index is 0.0415. The average molecular weight is 223 g/mol. The number of benzene rings is 1. The van der Waals surface area contributed by atoms with Gasteiger partial charge in [0.1, 0.15) is 11.6 Å². The molecule has 0 saturated heterocycles. The van der Waals surface area contributed by atoms with Crippen molar-refractivity contribution in [2.45, 2.75) is 26.3 Å². The fourth-order valence-corrected chi connectivity index (χ4v) is 1.64. The molecule has 3 heteroatoms. The first-order valence-electron chi connectivity index (χ1n) is 5.23. The van der Waals surface area contributed by atoms with Crippen molar-refractivity contribution in [3.8, 4) is 12.3 Å². The van der Waals surface area contributed by atoms with Gasteiger partial charge in [-0.1, -0.05) is 13.0 Å². The van der Waals surface area contributed by atoms with E-state index < -0.39 is 17.7 Å². The van der Waals surface area contributed by atoms with Crippen molar-refractivity contribution in [2.24, 2.45) is 0 Å². The van der Waals surface area contributed by atoms with E-state index in [9.17, 15) is 8.78 Å². The van der Waals surface area contributed by atoms with Gasteiger partial charge in [0, 0.05) is 18.0 Å². The van der Waals surface area contributed by atoms with E-state index in [1.807, 2.05) is 6.92 Å². The highest BCUT2D eigenvalue weighted by atomic mass is 19.1. The van der Waals surface area contributed by atoms with Crippen LogP contribution in [0.4, 0.5) is 8.78 Å². The Morgan fingerprint density at radius 3 is 2.69 bits per heavy atom. The molecular weight excluding hydrogens is 208 g/mol. The SMILES string of the molecule is C#CCC(NCC)c1c(F)ccc(C)c1F. The Morgan fingerprint density at radius 2 is 2.12 bits per heavy atom. The molecule has 1 unspecified atom stereocenters. The van der Waals surface area contributed by atoms with Crippen molar-refractivity contribution in [1.29, 1.82) is 0 Å². The summed E-state index contributed by atoms with van der Waals surface area (Å²) in [6.07, 6.45) is 5.47. The van der Waals surface area contributed by atoms with Crippen LogP contribution in [0.5, 0.6) is 0 Å². The predicted molar refractivity (Wildman–Crippen MR) is 61.0 cm³/mol. The minimum Gasteiger partial charge on any atom is -0.309 e. The molecule has 0 saturated carbocycles. The first-order valence-corrected chi connectivity index (χ1v) is 5.23. The van der Waals surface area contributed by atoms with E-state index in [0.717, 1.165) is 0 Å². The minimum atomic E-state index is -0.552. The Bertz CT molecular complexity index is 407. The van der Waals surface area contributed by atoms with Crippen molar-refractivity contribution in [1.82, 2.24) is 5.32 Å². The molecule has 0 radical (unpaired) electrons. The van der Waals surface area contributed by atoms with Crippen molar-refractivity contribution in [3.05, 3.63) is 34.9 Å². The number of aryl methyl sites for hydroxylation is 1. The van der Waals surface area contributed by atoms with Crippen LogP contribution < -0.4 is 5.32 Å². The van der Waals surface area contributed by atoms with Crippen LogP contribution >= 0.6 is 0 Å². The lowest BCUT2D eigenvalue weighted by atomic mass is 10.00. The third-order valence-corrected chi connectivity index (χ3v) is 2.44. The van der Waals surface area contributed by atoms with E-state index in [2.05, 4.69) is 11.2 Å². The van der Waals surface area contributed by atoms with Crippen LogP contribution in [0.25, 0.3) is 0 Å². The maximum absolute atomic E-state index is 13.8. The Morgan fingerprint density at radius 1 is 1.44 bits per heavy atom. The Balaban J connectivity index is 3.17. The Kier molecular flexibility index (Phi) is 4.45. The lowest BCUT2D eigenvalue weighted by Crippen LogP contribution is -2.23. The van der Waals surface area contributed by atoms with Crippen LogP contribution in [0.2, 0.25) is 0 Å². The fourth-order valence-electron chi connectivity index (χ4n) is 1.64. The highest BCUT2D eigenvalue weighted by Gasteiger charge is 2.19. The molecule has 86 valence electrons. The molecule has 0 aliphatic rings. The first-order chi connectivity index (χ1) is 7.61. The lowest BCUT2D eigenvalue weighted by Gasteiger charge is -2.18. The summed E-state index contributed by atoms with van der Waals surface area (Å²) in [5.41, 5.74) is 0.469. The van der Waals surface area contributed by atoms with Gasteiger partial charge in [-0.3, -0.25) is 0 Å². The van der Waals surface area contributed by atoms with Gasteiger partial charge in [0.25, 0.3) is 0 Å². The third-order valence-electron chi connectivity index (χ3n) is 2.44. The standard InChI is InChI=1S/C13H15F2N/c1-4-6-11(16-5-2)12-10(14)8-7-9(3)13(12)15/h1,7-8,11,16H,5-6H2,2-3H3. The summed E-state index contributed by atoms with van der Waals surface area (Å²) in [4.78, 5) is 0. The molecule has 1 aromatic rings. The molecule has 0 heterocycles.